The Morgan fingerprint density at radius 2 is 1.81 bits per heavy atom. The lowest BCUT2D eigenvalue weighted by molar-refractivity contribution is 0.0518. The molecule has 4 aromatic rings. The third-order valence-electron chi connectivity index (χ3n) is 4.82. The molecule has 0 spiro atoms. The van der Waals surface area contributed by atoms with Crippen molar-refractivity contribution in [1.29, 1.82) is 0 Å². The van der Waals surface area contributed by atoms with E-state index in [0.717, 1.165) is 26.3 Å². The van der Waals surface area contributed by atoms with Crippen molar-refractivity contribution in [1.82, 2.24) is 14.6 Å². The molecule has 0 unspecified atom stereocenters. The standard InChI is InChI=1S/C23H17BrF2N4O2/c1-13-3-5-16(6-4-13)19-11-20(21(25)26)30-22(28-19)18(12-27-30)23(31)32-29-14(2)15-7-9-17(24)10-8-15/h3-12,21H,1-2H3/b29-14-. The lowest BCUT2D eigenvalue weighted by atomic mass is 10.1. The van der Waals surface area contributed by atoms with E-state index >= 15 is 0 Å². The number of carbonyl (C=O) groups excluding carboxylic acids is 1. The Bertz CT molecular complexity index is 1320. The number of aromatic nitrogens is 3. The minimum atomic E-state index is -2.81. The van der Waals surface area contributed by atoms with Crippen molar-refractivity contribution in [3.63, 3.8) is 0 Å². The van der Waals surface area contributed by atoms with Crippen LogP contribution in [-0.2, 0) is 4.84 Å². The van der Waals surface area contributed by atoms with Gasteiger partial charge in [0.2, 0.25) is 0 Å². The zero-order valence-corrected chi connectivity index (χ0v) is 18.7. The van der Waals surface area contributed by atoms with Crippen LogP contribution in [0.15, 0.2) is 70.4 Å². The van der Waals surface area contributed by atoms with Gasteiger partial charge in [0.25, 0.3) is 6.43 Å². The number of nitrogens with zero attached hydrogens (tertiary/aromatic N) is 4. The number of rotatable bonds is 5. The molecule has 2 aromatic heterocycles. The second-order valence-corrected chi connectivity index (χ2v) is 8.00. The monoisotopic (exact) mass is 498 g/mol. The lowest BCUT2D eigenvalue weighted by Crippen LogP contribution is -2.07. The van der Waals surface area contributed by atoms with E-state index in [1.165, 1.54) is 6.07 Å². The highest BCUT2D eigenvalue weighted by atomic mass is 79.9. The largest absolute Gasteiger partial charge is 0.371 e. The predicted molar refractivity (Wildman–Crippen MR) is 120 cm³/mol. The summed E-state index contributed by atoms with van der Waals surface area (Å²) in [7, 11) is 0. The predicted octanol–water partition coefficient (Wildman–Crippen LogP) is 5.99. The molecule has 2 aromatic carbocycles. The fourth-order valence-corrected chi connectivity index (χ4v) is 3.32. The highest BCUT2D eigenvalue weighted by Crippen LogP contribution is 2.27. The summed E-state index contributed by atoms with van der Waals surface area (Å²) in [6.07, 6.45) is -1.66. The van der Waals surface area contributed by atoms with Crippen LogP contribution >= 0.6 is 15.9 Å². The number of benzene rings is 2. The maximum absolute atomic E-state index is 13.7. The molecule has 0 amide bonds. The summed E-state index contributed by atoms with van der Waals surface area (Å²) in [5.74, 6) is -0.842. The number of aryl methyl sites for hydroxylation is 1. The Balaban J connectivity index is 1.70. The van der Waals surface area contributed by atoms with Gasteiger partial charge in [-0.1, -0.05) is 63.0 Å². The van der Waals surface area contributed by atoms with Gasteiger partial charge in [0, 0.05) is 10.0 Å². The lowest BCUT2D eigenvalue weighted by Gasteiger charge is -2.08. The van der Waals surface area contributed by atoms with Gasteiger partial charge in [-0.15, -0.1) is 0 Å². The molecule has 0 N–H and O–H groups in total. The third kappa shape index (κ3) is 4.43. The first-order valence-corrected chi connectivity index (χ1v) is 10.4. The second-order valence-electron chi connectivity index (χ2n) is 7.09. The van der Waals surface area contributed by atoms with Crippen molar-refractivity contribution >= 4 is 33.3 Å². The van der Waals surface area contributed by atoms with Gasteiger partial charge in [-0.3, -0.25) is 0 Å². The number of alkyl halides is 2. The van der Waals surface area contributed by atoms with Gasteiger partial charge in [-0.05, 0) is 37.6 Å². The van der Waals surface area contributed by atoms with Crippen LogP contribution in [0.1, 0.15) is 40.5 Å². The van der Waals surface area contributed by atoms with E-state index < -0.39 is 12.4 Å². The summed E-state index contributed by atoms with van der Waals surface area (Å²) in [6, 6.07) is 15.8. The van der Waals surface area contributed by atoms with Gasteiger partial charge in [0.15, 0.2) is 5.65 Å². The maximum Gasteiger partial charge on any atom is 0.371 e. The maximum atomic E-state index is 13.7. The normalized spacial score (nSPS) is 11.9. The topological polar surface area (TPSA) is 68.8 Å². The minimum absolute atomic E-state index is 0.0279. The van der Waals surface area contributed by atoms with Crippen molar-refractivity contribution < 1.29 is 18.4 Å². The van der Waals surface area contributed by atoms with E-state index in [2.05, 4.69) is 31.2 Å². The summed E-state index contributed by atoms with van der Waals surface area (Å²) in [5, 5.41) is 7.80. The van der Waals surface area contributed by atoms with E-state index in [1.807, 2.05) is 43.3 Å². The van der Waals surface area contributed by atoms with Gasteiger partial charge in [-0.25, -0.2) is 23.1 Å². The van der Waals surface area contributed by atoms with Gasteiger partial charge in [0.05, 0.1) is 17.6 Å². The van der Waals surface area contributed by atoms with Crippen LogP contribution in [0.4, 0.5) is 8.78 Å². The van der Waals surface area contributed by atoms with Crippen LogP contribution in [0.3, 0.4) is 0 Å². The Labute approximate surface area is 190 Å². The van der Waals surface area contributed by atoms with Crippen LogP contribution in [0, 0.1) is 6.92 Å². The Morgan fingerprint density at radius 3 is 2.47 bits per heavy atom. The van der Waals surface area contributed by atoms with Gasteiger partial charge in [-0.2, -0.15) is 5.10 Å². The molecule has 4 rings (SSSR count). The number of oxime groups is 1. The Hall–Kier alpha value is -3.46. The summed E-state index contributed by atoms with van der Waals surface area (Å²) in [4.78, 5) is 22.1. The molecule has 0 aliphatic rings. The molecule has 6 nitrogen and oxygen atoms in total. The molecule has 162 valence electrons. The van der Waals surface area contributed by atoms with Crippen LogP contribution in [-0.4, -0.2) is 26.3 Å². The average molecular weight is 499 g/mol. The van der Waals surface area contributed by atoms with E-state index in [-0.39, 0.29) is 16.9 Å². The molecular formula is C23H17BrF2N4O2. The van der Waals surface area contributed by atoms with E-state index in [1.54, 1.807) is 19.1 Å². The highest BCUT2D eigenvalue weighted by Gasteiger charge is 2.22. The fraction of sp³-hybridized carbons (Fsp3) is 0.130. The number of carbonyl (C=O) groups is 1. The molecule has 0 atom stereocenters. The molecule has 0 aliphatic carbocycles. The highest BCUT2D eigenvalue weighted by molar-refractivity contribution is 9.10. The van der Waals surface area contributed by atoms with Crippen molar-refractivity contribution in [2.24, 2.45) is 5.16 Å². The van der Waals surface area contributed by atoms with Crippen LogP contribution in [0.2, 0.25) is 0 Å². The summed E-state index contributed by atoms with van der Waals surface area (Å²) in [5.41, 5.74) is 2.75. The molecular weight excluding hydrogens is 482 g/mol. The molecule has 0 aliphatic heterocycles. The molecule has 0 saturated carbocycles. The van der Waals surface area contributed by atoms with Crippen molar-refractivity contribution in [3.05, 3.63) is 87.7 Å². The SMILES string of the molecule is C/C(=N/OC(=O)c1cnn2c(C(F)F)cc(-c3ccc(C)cc3)nc12)c1ccc(Br)cc1. The summed E-state index contributed by atoms with van der Waals surface area (Å²) >= 11 is 3.35. The first-order valence-electron chi connectivity index (χ1n) is 9.59. The second kappa shape index (κ2) is 8.96. The first kappa shape index (κ1) is 21.8. The third-order valence-corrected chi connectivity index (χ3v) is 5.35. The average Bonchev–Trinajstić information content (AvgIpc) is 3.21. The minimum Gasteiger partial charge on any atom is -0.312 e. The summed E-state index contributed by atoms with van der Waals surface area (Å²) < 4.78 is 29.3. The Kier molecular flexibility index (Phi) is 6.09. The molecule has 9 heteroatoms. The van der Waals surface area contributed by atoms with E-state index in [4.69, 9.17) is 4.84 Å². The number of fused-ring (bicyclic) bond motifs is 1. The van der Waals surface area contributed by atoms with Crippen LogP contribution in [0.5, 0.6) is 0 Å². The Morgan fingerprint density at radius 1 is 1.12 bits per heavy atom. The molecule has 0 bridgehead atoms. The van der Waals surface area contributed by atoms with E-state index in [0.29, 0.717) is 17.0 Å². The molecule has 32 heavy (non-hydrogen) atoms. The van der Waals surface area contributed by atoms with Crippen molar-refractivity contribution in [3.8, 4) is 11.3 Å². The van der Waals surface area contributed by atoms with E-state index in [9.17, 15) is 13.6 Å². The smallest absolute Gasteiger partial charge is 0.312 e. The molecule has 0 saturated heterocycles. The molecule has 0 radical (unpaired) electrons. The number of halogens is 3. The summed E-state index contributed by atoms with van der Waals surface area (Å²) in [6.45, 7) is 3.61. The van der Waals surface area contributed by atoms with Gasteiger partial charge < -0.3 is 4.84 Å². The van der Waals surface area contributed by atoms with Crippen LogP contribution in [0.25, 0.3) is 16.9 Å². The number of hydrogen-bond donors (Lipinski definition) is 0. The van der Waals surface area contributed by atoms with Gasteiger partial charge >= 0.3 is 5.97 Å². The zero-order chi connectivity index (χ0) is 22.8. The molecule has 2 heterocycles. The van der Waals surface area contributed by atoms with Crippen molar-refractivity contribution in [2.75, 3.05) is 0 Å². The zero-order valence-electron chi connectivity index (χ0n) is 17.1. The quantitative estimate of drug-likeness (QED) is 0.192. The van der Waals surface area contributed by atoms with Gasteiger partial charge in [0.1, 0.15) is 11.3 Å². The van der Waals surface area contributed by atoms with Crippen molar-refractivity contribution in [2.45, 2.75) is 20.3 Å². The molecule has 0 fully saturated rings. The number of hydrogen-bond acceptors (Lipinski definition) is 5. The van der Waals surface area contributed by atoms with Crippen LogP contribution < -0.4 is 0 Å². The fourth-order valence-electron chi connectivity index (χ4n) is 3.06. The first-order chi connectivity index (χ1) is 15.3.